The number of aromatic nitrogens is 1. The average molecular weight is 348 g/mol. The van der Waals surface area contributed by atoms with Crippen LogP contribution in [0, 0.1) is 12.8 Å². The maximum atomic E-state index is 13.2. The molecule has 3 rings (SSSR count). The number of sulfonamides is 1. The largest absolute Gasteiger partial charge is 0.481 e. The number of carboxylic acid groups (broad SMARTS) is 1. The smallest absolute Gasteiger partial charge is 0.307 e. The fraction of sp³-hybridized carbons (Fsp3) is 0.412. The summed E-state index contributed by atoms with van der Waals surface area (Å²) in [5.41, 5.74) is 1.38. The quantitative estimate of drug-likeness (QED) is 0.920. The van der Waals surface area contributed by atoms with Gasteiger partial charge in [-0.25, -0.2) is 8.42 Å². The third kappa shape index (κ3) is 2.89. The Morgan fingerprint density at radius 3 is 2.79 bits per heavy atom. The van der Waals surface area contributed by atoms with E-state index in [1.165, 1.54) is 10.4 Å². The van der Waals surface area contributed by atoms with E-state index in [0.717, 1.165) is 10.9 Å². The van der Waals surface area contributed by atoms with Crippen molar-refractivity contribution in [2.45, 2.75) is 37.6 Å². The van der Waals surface area contributed by atoms with Crippen LogP contribution in [-0.4, -0.2) is 41.4 Å². The monoisotopic (exact) mass is 348 g/mol. The summed E-state index contributed by atoms with van der Waals surface area (Å²) in [6.07, 6.45) is 2.67. The number of benzene rings is 1. The Bertz CT molecular complexity index is 895. The lowest BCUT2D eigenvalue weighted by molar-refractivity contribution is -0.143. The highest BCUT2D eigenvalue weighted by molar-refractivity contribution is 7.89. The van der Waals surface area contributed by atoms with Crippen molar-refractivity contribution in [3.63, 3.8) is 0 Å². The van der Waals surface area contributed by atoms with Crippen LogP contribution in [-0.2, 0) is 14.8 Å². The van der Waals surface area contributed by atoms with Gasteiger partial charge in [0, 0.05) is 24.2 Å². The molecule has 1 aliphatic heterocycles. The zero-order valence-electron chi connectivity index (χ0n) is 13.6. The van der Waals surface area contributed by atoms with Crippen molar-refractivity contribution in [2.75, 3.05) is 6.54 Å². The van der Waals surface area contributed by atoms with Gasteiger partial charge in [-0.15, -0.1) is 0 Å². The zero-order chi connectivity index (χ0) is 17.5. The van der Waals surface area contributed by atoms with Gasteiger partial charge in [0.15, 0.2) is 0 Å². The number of para-hydroxylation sites is 1. The Kier molecular flexibility index (Phi) is 4.31. The predicted octanol–water partition coefficient (Wildman–Crippen LogP) is 2.42. The number of hydrogen-bond acceptors (Lipinski definition) is 4. The molecule has 6 nitrogen and oxygen atoms in total. The van der Waals surface area contributed by atoms with Crippen molar-refractivity contribution in [1.29, 1.82) is 0 Å². The van der Waals surface area contributed by atoms with Crippen molar-refractivity contribution in [1.82, 2.24) is 9.29 Å². The number of carbonyl (C=O) groups is 1. The number of nitrogens with zero attached hydrogens (tertiary/aromatic N) is 2. The van der Waals surface area contributed by atoms with Crippen LogP contribution in [0.4, 0.5) is 0 Å². The van der Waals surface area contributed by atoms with E-state index in [2.05, 4.69) is 4.98 Å². The standard InChI is InChI=1S/C17H20N2O4S/c1-11-8-13-4-3-5-15(16(13)18-9-11)24(22,23)19-10-14(17(20)21)7-6-12(19)2/h3-5,8-9,12,14H,6-7,10H2,1-2H3,(H,20,21). The molecule has 0 amide bonds. The van der Waals surface area contributed by atoms with Crippen LogP contribution in [0.15, 0.2) is 35.4 Å². The number of aryl methyl sites for hydroxylation is 1. The molecular formula is C17H20N2O4S. The van der Waals surface area contributed by atoms with Crippen LogP contribution < -0.4 is 0 Å². The van der Waals surface area contributed by atoms with E-state index in [1.807, 2.05) is 26.0 Å². The number of hydrogen-bond donors (Lipinski definition) is 1. The second-order valence-electron chi connectivity index (χ2n) is 6.38. The van der Waals surface area contributed by atoms with E-state index in [9.17, 15) is 18.3 Å². The van der Waals surface area contributed by atoms with Crippen LogP contribution in [0.1, 0.15) is 25.3 Å². The highest BCUT2D eigenvalue weighted by atomic mass is 32.2. The fourth-order valence-electron chi connectivity index (χ4n) is 3.19. The maximum absolute atomic E-state index is 13.2. The lowest BCUT2D eigenvalue weighted by Gasteiger charge is -2.35. The molecular weight excluding hydrogens is 328 g/mol. The zero-order valence-corrected chi connectivity index (χ0v) is 14.5. The van der Waals surface area contributed by atoms with Crippen molar-refractivity contribution in [2.24, 2.45) is 5.92 Å². The molecule has 1 N–H and O–H groups in total. The second-order valence-corrected chi connectivity index (χ2v) is 8.24. The normalized spacial score (nSPS) is 22.6. The average Bonchev–Trinajstić information content (AvgIpc) is 2.53. The van der Waals surface area contributed by atoms with E-state index in [4.69, 9.17) is 0 Å². The summed E-state index contributed by atoms with van der Waals surface area (Å²) in [7, 11) is -3.81. The molecule has 0 aliphatic carbocycles. The minimum absolute atomic E-state index is 0.00107. The predicted molar refractivity (Wildman–Crippen MR) is 90.2 cm³/mol. The van der Waals surface area contributed by atoms with Gasteiger partial charge in [0.05, 0.1) is 11.4 Å². The van der Waals surface area contributed by atoms with Gasteiger partial charge in [-0.1, -0.05) is 12.1 Å². The highest BCUT2D eigenvalue weighted by Crippen LogP contribution is 2.31. The van der Waals surface area contributed by atoms with Crippen LogP contribution in [0.5, 0.6) is 0 Å². The fourth-order valence-corrected chi connectivity index (χ4v) is 5.06. The number of fused-ring (bicyclic) bond motifs is 1. The Labute approximate surface area is 141 Å². The van der Waals surface area contributed by atoms with Gasteiger partial charge in [0.2, 0.25) is 10.0 Å². The number of carboxylic acids is 1. The van der Waals surface area contributed by atoms with E-state index >= 15 is 0 Å². The van der Waals surface area contributed by atoms with Gasteiger partial charge in [0.1, 0.15) is 4.90 Å². The van der Waals surface area contributed by atoms with Crippen LogP contribution >= 0.6 is 0 Å². The van der Waals surface area contributed by atoms with Crippen LogP contribution in [0.2, 0.25) is 0 Å². The molecule has 1 saturated heterocycles. The third-order valence-corrected chi connectivity index (χ3v) is 6.58. The molecule has 2 unspecified atom stereocenters. The van der Waals surface area contributed by atoms with Gasteiger partial charge in [-0.2, -0.15) is 4.31 Å². The minimum Gasteiger partial charge on any atom is -0.481 e. The molecule has 1 aromatic carbocycles. The molecule has 128 valence electrons. The first-order valence-corrected chi connectivity index (χ1v) is 9.34. The van der Waals surface area contributed by atoms with E-state index in [-0.39, 0.29) is 17.5 Å². The summed E-state index contributed by atoms with van der Waals surface area (Å²) in [5.74, 6) is -1.62. The first-order chi connectivity index (χ1) is 11.3. The minimum atomic E-state index is -3.81. The molecule has 7 heteroatoms. The summed E-state index contributed by atoms with van der Waals surface area (Å²) < 4.78 is 27.6. The number of aliphatic carboxylic acids is 1. The van der Waals surface area contributed by atoms with Gasteiger partial charge in [-0.3, -0.25) is 9.78 Å². The summed E-state index contributed by atoms with van der Waals surface area (Å²) in [5, 5.41) is 10.0. The third-order valence-electron chi connectivity index (χ3n) is 4.57. The molecule has 0 saturated carbocycles. The van der Waals surface area contributed by atoms with Gasteiger partial charge in [0.25, 0.3) is 0 Å². The lowest BCUT2D eigenvalue weighted by Crippen LogP contribution is -2.47. The van der Waals surface area contributed by atoms with E-state index in [1.54, 1.807) is 12.3 Å². The number of piperidine rings is 1. The van der Waals surface area contributed by atoms with Crippen molar-refractivity contribution < 1.29 is 18.3 Å². The first-order valence-electron chi connectivity index (χ1n) is 7.90. The number of rotatable bonds is 3. The molecule has 2 heterocycles. The molecule has 0 bridgehead atoms. The molecule has 1 fully saturated rings. The highest BCUT2D eigenvalue weighted by Gasteiger charge is 2.38. The second kappa shape index (κ2) is 6.14. The lowest BCUT2D eigenvalue weighted by atomic mass is 9.96. The molecule has 1 aromatic heterocycles. The Morgan fingerprint density at radius 1 is 1.33 bits per heavy atom. The first kappa shape index (κ1) is 16.9. The Morgan fingerprint density at radius 2 is 2.08 bits per heavy atom. The molecule has 2 atom stereocenters. The van der Waals surface area contributed by atoms with Crippen LogP contribution in [0.3, 0.4) is 0 Å². The molecule has 0 spiro atoms. The Hall–Kier alpha value is -1.99. The van der Waals surface area contributed by atoms with E-state index < -0.39 is 21.9 Å². The molecule has 24 heavy (non-hydrogen) atoms. The summed E-state index contributed by atoms with van der Waals surface area (Å²) in [4.78, 5) is 15.7. The maximum Gasteiger partial charge on any atom is 0.307 e. The summed E-state index contributed by atoms with van der Waals surface area (Å²) in [6, 6.07) is 6.72. The van der Waals surface area contributed by atoms with Crippen molar-refractivity contribution in [3.8, 4) is 0 Å². The summed E-state index contributed by atoms with van der Waals surface area (Å²) in [6.45, 7) is 3.72. The van der Waals surface area contributed by atoms with Gasteiger partial charge >= 0.3 is 5.97 Å². The Balaban J connectivity index is 2.09. The molecule has 0 radical (unpaired) electrons. The summed E-state index contributed by atoms with van der Waals surface area (Å²) >= 11 is 0. The molecule has 1 aliphatic rings. The SMILES string of the molecule is Cc1cnc2c(S(=O)(=O)N3CC(C(=O)O)CCC3C)cccc2c1. The topological polar surface area (TPSA) is 87.6 Å². The van der Waals surface area contributed by atoms with Gasteiger partial charge < -0.3 is 5.11 Å². The van der Waals surface area contributed by atoms with E-state index in [0.29, 0.717) is 18.4 Å². The van der Waals surface area contributed by atoms with Crippen molar-refractivity contribution >= 4 is 26.9 Å². The van der Waals surface area contributed by atoms with Crippen molar-refractivity contribution in [3.05, 3.63) is 36.0 Å². The number of pyridine rings is 1. The molecule has 2 aromatic rings. The van der Waals surface area contributed by atoms with Gasteiger partial charge in [-0.05, 0) is 44.4 Å². The van der Waals surface area contributed by atoms with Crippen LogP contribution in [0.25, 0.3) is 10.9 Å².